The smallest absolute Gasteiger partial charge is 0.244 e. The van der Waals surface area contributed by atoms with Crippen molar-refractivity contribution in [2.45, 2.75) is 0 Å². The van der Waals surface area contributed by atoms with Crippen molar-refractivity contribution in [2.24, 2.45) is 0 Å². The van der Waals surface area contributed by atoms with E-state index in [1.54, 1.807) is 0 Å². The Kier molecular flexibility index (Phi) is 4.08. The summed E-state index contributed by atoms with van der Waals surface area (Å²) in [5.74, 6) is -4.13. The molecule has 0 radical (unpaired) electrons. The van der Waals surface area contributed by atoms with Gasteiger partial charge in [0, 0.05) is 25.8 Å². The third kappa shape index (κ3) is 2.82. The van der Waals surface area contributed by atoms with Crippen LogP contribution in [0.15, 0.2) is 12.1 Å². The van der Waals surface area contributed by atoms with E-state index >= 15 is 0 Å². The Morgan fingerprint density at radius 1 is 1.30 bits per heavy atom. The molecule has 1 aromatic heterocycles. The van der Waals surface area contributed by atoms with E-state index in [0.717, 1.165) is 16.8 Å². The van der Waals surface area contributed by atoms with E-state index in [4.69, 9.17) is 10.5 Å². The first-order valence-electron chi connectivity index (χ1n) is 5.63. The number of rotatable bonds is 5. The summed E-state index contributed by atoms with van der Waals surface area (Å²) in [6, 6.07) is 1.56. The van der Waals surface area contributed by atoms with Crippen molar-refractivity contribution in [3.8, 4) is 5.69 Å². The molecule has 0 fully saturated rings. The minimum Gasteiger partial charge on any atom is -0.383 e. The molecule has 0 aliphatic heterocycles. The molecule has 0 amide bonds. The second-order valence-corrected chi connectivity index (χ2v) is 3.85. The van der Waals surface area contributed by atoms with E-state index in [2.05, 4.69) is 15.4 Å². The molecule has 0 saturated carbocycles. The van der Waals surface area contributed by atoms with E-state index < -0.39 is 17.5 Å². The van der Waals surface area contributed by atoms with E-state index in [0.29, 0.717) is 13.2 Å². The summed E-state index contributed by atoms with van der Waals surface area (Å²) >= 11 is 0. The number of hydrogen-bond acceptors (Lipinski definition) is 5. The average Bonchev–Trinajstić information content (AvgIpc) is 2.77. The highest BCUT2D eigenvalue weighted by Crippen LogP contribution is 2.19. The van der Waals surface area contributed by atoms with Crippen LogP contribution in [0.25, 0.3) is 5.69 Å². The minimum absolute atomic E-state index is 0.0637. The van der Waals surface area contributed by atoms with Gasteiger partial charge in [-0.1, -0.05) is 0 Å². The molecule has 1 aromatic carbocycles. The normalized spacial score (nSPS) is 10.8. The van der Waals surface area contributed by atoms with Gasteiger partial charge in [-0.05, 0) is 0 Å². The Bertz CT molecular complexity index is 593. The van der Waals surface area contributed by atoms with E-state index in [-0.39, 0.29) is 17.6 Å². The average molecular weight is 287 g/mol. The van der Waals surface area contributed by atoms with Gasteiger partial charge in [-0.2, -0.15) is 9.67 Å². The standard InChI is InChI=1S/C11H12F3N5O/c1-20-3-2-16-11-17-10(15)19(18-11)6-4-7(12)9(14)8(13)5-6/h4-5H,2-3H2,1H3,(H3,15,16,17,18). The van der Waals surface area contributed by atoms with E-state index in [9.17, 15) is 13.2 Å². The van der Waals surface area contributed by atoms with E-state index in [1.807, 2.05) is 0 Å². The molecule has 0 aliphatic rings. The summed E-state index contributed by atoms with van der Waals surface area (Å²) in [6.45, 7) is 0.861. The van der Waals surface area contributed by atoms with Crippen molar-refractivity contribution >= 4 is 11.9 Å². The number of anilines is 2. The van der Waals surface area contributed by atoms with Gasteiger partial charge in [0.1, 0.15) is 0 Å². The molecule has 2 rings (SSSR count). The van der Waals surface area contributed by atoms with Crippen molar-refractivity contribution in [1.82, 2.24) is 14.8 Å². The topological polar surface area (TPSA) is 78.0 Å². The molecule has 0 saturated heterocycles. The predicted octanol–water partition coefficient (Wildman–Crippen LogP) is 1.33. The van der Waals surface area contributed by atoms with Crippen LogP contribution >= 0.6 is 0 Å². The number of methoxy groups -OCH3 is 1. The first-order valence-corrected chi connectivity index (χ1v) is 5.63. The lowest BCUT2D eigenvalue weighted by molar-refractivity contribution is 0.210. The number of aromatic nitrogens is 3. The molecular weight excluding hydrogens is 275 g/mol. The van der Waals surface area contributed by atoms with Crippen molar-refractivity contribution in [3.63, 3.8) is 0 Å². The largest absolute Gasteiger partial charge is 0.383 e. The molecule has 0 atom stereocenters. The lowest BCUT2D eigenvalue weighted by Gasteiger charge is -2.04. The Morgan fingerprint density at radius 2 is 1.95 bits per heavy atom. The zero-order valence-corrected chi connectivity index (χ0v) is 10.5. The number of hydrogen-bond donors (Lipinski definition) is 2. The highest BCUT2D eigenvalue weighted by molar-refractivity contribution is 5.42. The quantitative estimate of drug-likeness (QED) is 0.640. The molecule has 3 N–H and O–H groups in total. The number of nitrogen functional groups attached to an aromatic ring is 1. The van der Waals surface area contributed by atoms with Gasteiger partial charge in [0.2, 0.25) is 11.9 Å². The Labute approximate surface area is 112 Å². The molecule has 0 aliphatic carbocycles. The number of nitrogens with two attached hydrogens (primary N) is 1. The summed E-state index contributed by atoms with van der Waals surface area (Å²) in [6.07, 6.45) is 0. The van der Waals surface area contributed by atoms with Gasteiger partial charge in [0.15, 0.2) is 17.5 Å². The van der Waals surface area contributed by atoms with Gasteiger partial charge in [0.25, 0.3) is 0 Å². The van der Waals surface area contributed by atoms with Crippen LogP contribution < -0.4 is 11.1 Å². The van der Waals surface area contributed by atoms with Gasteiger partial charge in [-0.3, -0.25) is 0 Å². The van der Waals surface area contributed by atoms with Gasteiger partial charge in [0.05, 0.1) is 12.3 Å². The van der Waals surface area contributed by atoms with Crippen LogP contribution in [0, 0.1) is 17.5 Å². The molecule has 0 unspecified atom stereocenters. The zero-order chi connectivity index (χ0) is 14.7. The van der Waals surface area contributed by atoms with E-state index in [1.165, 1.54) is 7.11 Å². The van der Waals surface area contributed by atoms with Crippen molar-refractivity contribution in [1.29, 1.82) is 0 Å². The van der Waals surface area contributed by atoms with Gasteiger partial charge >= 0.3 is 0 Å². The lowest BCUT2D eigenvalue weighted by atomic mass is 10.3. The third-order valence-corrected chi connectivity index (χ3v) is 2.43. The SMILES string of the molecule is COCCNc1nc(N)n(-c2cc(F)c(F)c(F)c2)n1. The minimum atomic E-state index is -1.55. The summed E-state index contributed by atoms with van der Waals surface area (Å²) in [5.41, 5.74) is 5.53. The van der Waals surface area contributed by atoms with Crippen molar-refractivity contribution in [2.75, 3.05) is 31.3 Å². The van der Waals surface area contributed by atoms with Crippen LogP contribution in [-0.4, -0.2) is 35.0 Å². The van der Waals surface area contributed by atoms with Gasteiger partial charge in [-0.25, -0.2) is 13.2 Å². The fourth-order valence-corrected chi connectivity index (χ4v) is 1.52. The highest BCUT2D eigenvalue weighted by Gasteiger charge is 2.15. The summed E-state index contributed by atoms with van der Waals surface area (Å²) in [7, 11) is 1.53. The van der Waals surface area contributed by atoms with Crippen LogP contribution in [-0.2, 0) is 4.74 Å². The Hall–Kier alpha value is -2.29. The maximum atomic E-state index is 13.2. The fourth-order valence-electron chi connectivity index (χ4n) is 1.52. The number of nitrogens with one attached hydrogen (secondary N) is 1. The number of benzene rings is 1. The first kappa shape index (κ1) is 14.1. The molecule has 9 heteroatoms. The second kappa shape index (κ2) is 5.78. The highest BCUT2D eigenvalue weighted by atomic mass is 19.2. The maximum Gasteiger partial charge on any atom is 0.244 e. The van der Waals surface area contributed by atoms with Crippen molar-refractivity contribution < 1.29 is 17.9 Å². The Balaban J connectivity index is 2.29. The Morgan fingerprint density at radius 3 is 2.55 bits per heavy atom. The van der Waals surface area contributed by atoms with Crippen LogP contribution in [0.3, 0.4) is 0 Å². The van der Waals surface area contributed by atoms with Gasteiger partial charge in [-0.15, -0.1) is 5.10 Å². The van der Waals surface area contributed by atoms with Crippen LogP contribution in [0.1, 0.15) is 0 Å². The third-order valence-electron chi connectivity index (χ3n) is 2.43. The number of nitrogens with zero attached hydrogens (tertiary/aromatic N) is 3. The molecule has 1 heterocycles. The van der Waals surface area contributed by atoms with Crippen LogP contribution in [0.5, 0.6) is 0 Å². The molecular formula is C11H12F3N5O. The number of halogens is 3. The molecule has 0 spiro atoms. The van der Waals surface area contributed by atoms with Crippen LogP contribution in [0.4, 0.5) is 25.1 Å². The first-order chi connectivity index (χ1) is 9.52. The van der Waals surface area contributed by atoms with Gasteiger partial charge < -0.3 is 15.8 Å². The predicted molar refractivity (Wildman–Crippen MR) is 66.0 cm³/mol. The summed E-state index contributed by atoms with van der Waals surface area (Å²) in [5, 5.41) is 6.73. The fraction of sp³-hybridized carbons (Fsp3) is 0.273. The second-order valence-electron chi connectivity index (χ2n) is 3.85. The monoisotopic (exact) mass is 287 g/mol. The zero-order valence-electron chi connectivity index (χ0n) is 10.5. The lowest BCUT2D eigenvalue weighted by Crippen LogP contribution is -2.09. The molecule has 2 aromatic rings. The number of ether oxygens (including phenoxy) is 1. The summed E-state index contributed by atoms with van der Waals surface area (Å²) < 4.78 is 45.0. The van der Waals surface area contributed by atoms with Crippen molar-refractivity contribution in [3.05, 3.63) is 29.6 Å². The molecule has 6 nitrogen and oxygen atoms in total. The maximum absolute atomic E-state index is 13.2. The molecule has 20 heavy (non-hydrogen) atoms. The summed E-state index contributed by atoms with van der Waals surface area (Å²) in [4.78, 5) is 3.86. The molecule has 0 bridgehead atoms. The van der Waals surface area contributed by atoms with Crippen LogP contribution in [0.2, 0.25) is 0 Å². The molecule has 108 valence electrons.